The Morgan fingerprint density at radius 1 is 1.19 bits per heavy atom. The van der Waals surface area contributed by atoms with Gasteiger partial charge in [-0.05, 0) is 45.6 Å². The molecule has 1 unspecified atom stereocenters. The zero-order valence-corrected chi connectivity index (χ0v) is 17.0. The van der Waals surface area contributed by atoms with E-state index in [0.29, 0.717) is 13.1 Å². The third kappa shape index (κ3) is 4.47. The molecule has 2 fully saturated rings. The summed E-state index contributed by atoms with van der Waals surface area (Å²) in [5, 5.41) is -0.379. The van der Waals surface area contributed by atoms with Crippen LogP contribution < -0.4 is 0 Å². The Morgan fingerprint density at radius 3 is 2.46 bits per heavy atom. The molecule has 2 saturated heterocycles. The van der Waals surface area contributed by atoms with Gasteiger partial charge in [0, 0.05) is 32.7 Å². The van der Waals surface area contributed by atoms with E-state index in [9.17, 15) is 8.42 Å². The molecular formula is C20H32N2O3S. The van der Waals surface area contributed by atoms with Gasteiger partial charge in [0.25, 0.3) is 0 Å². The molecule has 0 radical (unpaired) electrons. The number of benzene rings is 1. The van der Waals surface area contributed by atoms with Crippen LogP contribution in [0.2, 0.25) is 0 Å². The van der Waals surface area contributed by atoms with Gasteiger partial charge < -0.3 is 9.64 Å². The molecule has 1 aromatic carbocycles. The number of sulfonamides is 1. The predicted molar refractivity (Wildman–Crippen MR) is 105 cm³/mol. The summed E-state index contributed by atoms with van der Waals surface area (Å²) in [6.45, 7) is 9.46. The van der Waals surface area contributed by atoms with Crippen LogP contribution in [0, 0.1) is 0 Å². The van der Waals surface area contributed by atoms with Crippen molar-refractivity contribution in [2.24, 2.45) is 0 Å². The van der Waals surface area contributed by atoms with Gasteiger partial charge in [-0.2, -0.15) is 4.31 Å². The Kier molecular flexibility index (Phi) is 6.07. The van der Waals surface area contributed by atoms with Gasteiger partial charge in [-0.25, -0.2) is 8.42 Å². The van der Waals surface area contributed by atoms with Gasteiger partial charge in [0.1, 0.15) is 0 Å². The molecule has 2 heterocycles. The summed E-state index contributed by atoms with van der Waals surface area (Å²) in [7, 11) is -3.23. The van der Waals surface area contributed by atoms with Crippen LogP contribution in [0.3, 0.4) is 0 Å². The monoisotopic (exact) mass is 380 g/mol. The first-order chi connectivity index (χ1) is 12.3. The summed E-state index contributed by atoms with van der Waals surface area (Å²) in [5.41, 5.74) is 1.05. The molecule has 0 N–H and O–H groups in total. The molecule has 1 aromatic rings. The molecule has 0 bridgehead atoms. The van der Waals surface area contributed by atoms with Crippen LogP contribution in [-0.2, 0) is 21.2 Å². The van der Waals surface area contributed by atoms with Gasteiger partial charge in [0.05, 0.1) is 17.0 Å². The fourth-order valence-corrected chi connectivity index (χ4v) is 5.49. The minimum Gasteiger partial charge on any atom is -0.369 e. The first-order valence-electron chi connectivity index (χ1n) is 9.74. The topological polar surface area (TPSA) is 49.9 Å². The van der Waals surface area contributed by atoms with Crippen LogP contribution in [-0.4, -0.2) is 67.3 Å². The van der Waals surface area contributed by atoms with E-state index in [1.807, 2.05) is 13.0 Å². The Balaban J connectivity index is 1.58. The summed E-state index contributed by atoms with van der Waals surface area (Å²) in [4.78, 5) is 2.47. The second-order valence-corrected chi connectivity index (χ2v) is 10.6. The Labute approximate surface area is 158 Å². The van der Waals surface area contributed by atoms with Gasteiger partial charge in [-0.1, -0.05) is 30.3 Å². The van der Waals surface area contributed by atoms with Crippen molar-refractivity contribution < 1.29 is 13.2 Å². The molecule has 0 saturated carbocycles. The molecule has 3 rings (SSSR count). The van der Waals surface area contributed by atoms with Crippen LogP contribution in [0.4, 0.5) is 0 Å². The third-order valence-electron chi connectivity index (χ3n) is 5.66. The van der Waals surface area contributed by atoms with Gasteiger partial charge in [-0.3, -0.25) is 0 Å². The van der Waals surface area contributed by atoms with Crippen LogP contribution in [0.5, 0.6) is 0 Å². The largest absolute Gasteiger partial charge is 0.369 e. The summed E-state index contributed by atoms with van der Waals surface area (Å²) >= 11 is 0. The number of piperidine rings is 1. The SMILES string of the molecule is CC1CN(S(=O)(=O)C(C)C)CC2(CCN(CCc3ccccc3)CC2)O1. The lowest BCUT2D eigenvalue weighted by molar-refractivity contribution is -0.154. The lowest BCUT2D eigenvalue weighted by atomic mass is 9.89. The predicted octanol–water partition coefficient (Wildman–Crippen LogP) is 2.52. The van der Waals surface area contributed by atoms with Crippen molar-refractivity contribution in [3.8, 4) is 0 Å². The smallest absolute Gasteiger partial charge is 0.216 e. The number of rotatable bonds is 5. The van der Waals surface area contributed by atoms with Crippen molar-refractivity contribution in [1.82, 2.24) is 9.21 Å². The fourth-order valence-electron chi connectivity index (χ4n) is 4.06. The summed E-state index contributed by atoms with van der Waals surface area (Å²) in [6, 6.07) is 10.6. The second kappa shape index (κ2) is 7.97. The maximum atomic E-state index is 12.6. The van der Waals surface area contributed by atoms with E-state index in [2.05, 4.69) is 29.2 Å². The summed E-state index contributed by atoms with van der Waals surface area (Å²) in [5.74, 6) is 0. The lowest BCUT2D eigenvalue weighted by Gasteiger charge is -2.49. The molecule has 1 atom stereocenters. The molecule has 6 heteroatoms. The van der Waals surface area contributed by atoms with Crippen molar-refractivity contribution in [3.05, 3.63) is 35.9 Å². The summed E-state index contributed by atoms with van der Waals surface area (Å²) in [6.07, 6.45) is 2.80. The maximum Gasteiger partial charge on any atom is 0.216 e. The molecule has 0 aliphatic carbocycles. The van der Waals surface area contributed by atoms with E-state index in [4.69, 9.17) is 4.74 Å². The minimum absolute atomic E-state index is 0.0480. The number of hydrogen-bond donors (Lipinski definition) is 0. The Bertz CT molecular complexity index is 682. The molecule has 2 aliphatic heterocycles. The van der Waals surface area contributed by atoms with Gasteiger partial charge in [0.2, 0.25) is 10.0 Å². The average molecular weight is 381 g/mol. The molecule has 5 nitrogen and oxygen atoms in total. The number of hydrogen-bond acceptors (Lipinski definition) is 4. The molecule has 146 valence electrons. The maximum absolute atomic E-state index is 12.6. The van der Waals surface area contributed by atoms with Crippen LogP contribution >= 0.6 is 0 Å². The van der Waals surface area contributed by atoms with Crippen molar-refractivity contribution in [3.63, 3.8) is 0 Å². The van der Waals surface area contributed by atoms with Crippen molar-refractivity contribution >= 4 is 10.0 Å². The normalized spacial score (nSPS) is 25.0. The lowest BCUT2D eigenvalue weighted by Crippen LogP contribution is -2.61. The van der Waals surface area contributed by atoms with Crippen molar-refractivity contribution in [2.45, 2.75) is 57.0 Å². The molecular weight excluding hydrogens is 348 g/mol. The highest BCUT2D eigenvalue weighted by atomic mass is 32.2. The number of ether oxygens (including phenoxy) is 1. The quantitative estimate of drug-likeness (QED) is 0.788. The molecule has 2 aliphatic rings. The van der Waals surface area contributed by atoms with E-state index in [1.54, 1.807) is 18.2 Å². The second-order valence-electron chi connectivity index (χ2n) is 8.07. The average Bonchev–Trinajstić information content (AvgIpc) is 2.61. The highest BCUT2D eigenvalue weighted by molar-refractivity contribution is 7.89. The zero-order valence-electron chi connectivity index (χ0n) is 16.2. The minimum atomic E-state index is -3.23. The first kappa shape index (κ1) is 19.8. The highest BCUT2D eigenvalue weighted by Gasteiger charge is 2.45. The van der Waals surface area contributed by atoms with E-state index in [0.717, 1.165) is 38.9 Å². The molecule has 1 spiro atoms. The fraction of sp³-hybridized carbons (Fsp3) is 0.700. The molecule has 0 amide bonds. The van der Waals surface area contributed by atoms with E-state index in [1.165, 1.54) is 5.56 Å². The zero-order chi connectivity index (χ0) is 18.8. The van der Waals surface area contributed by atoms with Gasteiger partial charge >= 0.3 is 0 Å². The van der Waals surface area contributed by atoms with E-state index >= 15 is 0 Å². The van der Waals surface area contributed by atoms with Crippen LogP contribution in [0.1, 0.15) is 39.2 Å². The van der Waals surface area contributed by atoms with Crippen LogP contribution in [0.25, 0.3) is 0 Å². The van der Waals surface area contributed by atoms with Crippen molar-refractivity contribution in [2.75, 3.05) is 32.7 Å². The first-order valence-corrected chi connectivity index (χ1v) is 11.2. The Morgan fingerprint density at radius 2 is 1.85 bits per heavy atom. The van der Waals surface area contributed by atoms with E-state index in [-0.39, 0.29) is 17.0 Å². The van der Waals surface area contributed by atoms with E-state index < -0.39 is 10.0 Å². The van der Waals surface area contributed by atoms with Gasteiger partial charge in [0.15, 0.2) is 0 Å². The van der Waals surface area contributed by atoms with Crippen molar-refractivity contribution in [1.29, 1.82) is 0 Å². The highest BCUT2D eigenvalue weighted by Crippen LogP contribution is 2.34. The number of likely N-dealkylation sites (tertiary alicyclic amines) is 1. The van der Waals surface area contributed by atoms with Gasteiger partial charge in [-0.15, -0.1) is 0 Å². The molecule has 0 aromatic heterocycles. The van der Waals surface area contributed by atoms with Crippen LogP contribution in [0.15, 0.2) is 30.3 Å². The number of nitrogens with zero attached hydrogens (tertiary/aromatic N) is 2. The Hall–Kier alpha value is -0.950. The molecule has 26 heavy (non-hydrogen) atoms. The third-order valence-corrected chi connectivity index (χ3v) is 7.85. The standard InChI is InChI=1S/C20H32N2O3S/c1-17(2)26(23,24)22-15-18(3)25-20(16-22)10-13-21(14-11-20)12-9-19-7-5-4-6-8-19/h4-8,17-18H,9-16H2,1-3H3. The number of morpholine rings is 1. The summed E-state index contributed by atoms with van der Waals surface area (Å²) < 4.78 is 33.3.